The summed E-state index contributed by atoms with van der Waals surface area (Å²) in [7, 11) is 0. The number of imidazole rings is 1. The lowest BCUT2D eigenvalue weighted by Gasteiger charge is -2.34. The lowest BCUT2D eigenvalue weighted by molar-refractivity contribution is 0.00468. The Morgan fingerprint density at radius 2 is 2.00 bits per heavy atom. The van der Waals surface area contributed by atoms with Crippen molar-refractivity contribution in [2.45, 2.75) is 44.2 Å². The first-order valence-corrected chi connectivity index (χ1v) is 9.13. The molecule has 2 aromatic rings. The van der Waals surface area contributed by atoms with Crippen molar-refractivity contribution in [1.29, 1.82) is 0 Å². The van der Waals surface area contributed by atoms with Gasteiger partial charge in [-0.05, 0) is 43.9 Å². The van der Waals surface area contributed by atoms with Gasteiger partial charge in [0.25, 0.3) is 0 Å². The molecule has 0 saturated heterocycles. The summed E-state index contributed by atoms with van der Waals surface area (Å²) in [5.41, 5.74) is 7.07. The fourth-order valence-corrected chi connectivity index (χ4v) is 5.14. The Hall–Kier alpha value is -1.93. The molecule has 3 fully saturated rings. The molecule has 3 saturated carbocycles. The molecule has 0 unspecified atom stereocenters. The molecule has 3 aliphatic rings. The minimum atomic E-state index is -0.391. The number of nitrogens with zero attached hydrogens (tertiary/aromatic N) is 4. The molecule has 2 aromatic heterocycles. The van der Waals surface area contributed by atoms with Crippen LogP contribution in [0.5, 0.6) is 0 Å². The predicted octanol–water partition coefficient (Wildman–Crippen LogP) is 0.925. The lowest BCUT2D eigenvalue weighted by atomic mass is 9.74. The molecule has 0 aromatic carbocycles. The Morgan fingerprint density at radius 3 is 2.68 bits per heavy atom. The predicted molar refractivity (Wildman–Crippen MR) is 92.9 cm³/mol. The van der Waals surface area contributed by atoms with E-state index in [1.165, 1.54) is 0 Å². The van der Waals surface area contributed by atoms with Crippen molar-refractivity contribution in [3.8, 4) is 0 Å². The molecule has 0 amide bonds. The molecule has 134 valence electrons. The summed E-state index contributed by atoms with van der Waals surface area (Å²) in [5.74, 6) is 1.63. The Balaban J connectivity index is 1.58. The molecule has 5 rings (SSSR count). The summed E-state index contributed by atoms with van der Waals surface area (Å²) < 4.78 is 2.11. The highest BCUT2D eigenvalue weighted by Gasteiger charge is 2.57. The highest BCUT2D eigenvalue weighted by atomic mass is 16.3. The van der Waals surface area contributed by atoms with Crippen LogP contribution in [0.1, 0.15) is 38.1 Å². The number of hydrogen-bond acceptors (Lipinski definition) is 7. The van der Waals surface area contributed by atoms with Crippen molar-refractivity contribution < 1.29 is 10.2 Å². The summed E-state index contributed by atoms with van der Waals surface area (Å²) in [6.07, 6.45) is 7.11. The van der Waals surface area contributed by atoms with Crippen molar-refractivity contribution in [3.05, 3.63) is 6.33 Å². The molecule has 0 aliphatic heterocycles. The zero-order valence-electron chi connectivity index (χ0n) is 14.1. The fraction of sp³-hybridized carbons (Fsp3) is 0.706. The van der Waals surface area contributed by atoms with Crippen molar-refractivity contribution in [1.82, 2.24) is 19.5 Å². The smallest absolute Gasteiger partial charge is 0.224 e. The highest BCUT2D eigenvalue weighted by molar-refractivity contribution is 5.84. The second-order valence-corrected chi connectivity index (χ2v) is 7.99. The molecule has 0 radical (unpaired) electrons. The number of rotatable bonds is 5. The number of nitrogens with two attached hydrogens (primary N) is 1. The maximum atomic E-state index is 9.92. The lowest BCUT2D eigenvalue weighted by Crippen LogP contribution is -2.36. The minimum Gasteiger partial charge on any atom is -0.396 e. The maximum absolute atomic E-state index is 9.92. The van der Waals surface area contributed by atoms with Crippen molar-refractivity contribution in [2.24, 2.45) is 17.3 Å². The second kappa shape index (κ2) is 5.28. The van der Waals surface area contributed by atoms with Gasteiger partial charge in [0.15, 0.2) is 17.0 Å². The van der Waals surface area contributed by atoms with Gasteiger partial charge in [-0.3, -0.25) is 0 Å². The molecule has 2 bridgehead atoms. The number of fused-ring (bicyclic) bond motifs is 3. The number of anilines is 2. The van der Waals surface area contributed by atoms with E-state index in [0.29, 0.717) is 17.8 Å². The van der Waals surface area contributed by atoms with E-state index in [9.17, 15) is 10.2 Å². The van der Waals surface area contributed by atoms with Gasteiger partial charge in [-0.1, -0.05) is 0 Å². The largest absolute Gasteiger partial charge is 0.396 e. The third kappa shape index (κ3) is 2.17. The van der Waals surface area contributed by atoms with Crippen molar-refractivity contribution in [3.63, 3.8) is 0 Å². The van der Waals surface area contributed by atoms with Crippen LogP contribution in [0.4, 0.5) is 11.8 Å². The molecular formula is C17H24N6O2. The number of nitrogens with one attached hydrogen (secondary N) is 1. The molecule has 8 nitrogen and oxygen atoms in total. The SMILES string of the molecule is Nc1nc(NC2CC2)c2ncn([C@H]3[C@@H]4CC[C@H]3C(CO)(CO)C4)c2n1. The molecule has 3 atom stereocenters. The summed E-state index contributed by atoms with van der Waals surface area (Å²) in [6, 6.07) is 0.661. The van der Waals surface area contributed by atoms with Gasteiger partial charge in [0, 0.05) is 17.5 Å². The maximum Gasteiger partial charge on any atom is 0.224 e. The number of aromatic nitrogens is 4. The van der Waals surface area contributed by atoms with Gasteiger partial charge in [0.1, 0.15) is 0 Å². The van der Waals surface area contributed by atoms with E-state index in [2.05, 4.69) is 24.8 Å². The summed E-state index contributed by atoms with van der Waals surface area (Å²) in [5, 5.41) is 23.2. The summed E-state index contributed by atoms with van der Waals surface area (Å²) in [6.45, 7) is 0.0544. The highest BCUT2D eigenvalue weighted by Crippen LogP contribution is 2.61. The van der Waals surface area contributed by atoms with E-state index in [1.54, 1.807) is 0 Å². The average molecular weight is 344 g/mol. The van der Waals surface area contributed by atoms with Gasteiger partial charge < -0.3 is 25.8 Å². The first-order valence-electron chi connectivity index (χ1n) is 9.13. The average Bonchev–Trinajstić information content (AvgIpc) is 3.07. The summed E-state index contributed by atoms with van der Waals surface area (Å²) >= 11 is 0. The Labute approximate surface area is 145 Å². The third-order valence-corrected chi connectivity index (χ3v) is 6.51. The van der Waals surface area contributed by atoms with Gasteiger partial charge in [0.05, 0.1) is 19.5 Å². The number of aliphatic hydroxyl groups is 2. The molecule has 5 N–H and O–H groups in total. The van der Waals surface area contributed by atoms with Crippen LogP contribution >= 0.6 is 0 Å². The van der Waals surface area contributed by atoms with Crippen LogP contribution in [0.25, 0.3) is 11.2 Å². The van der Waals surface area contributed by atoms with Gasteiger partial charge in [-0.2, -0.15) is 9.97 Å². The molecule has 3 aliphatic carbocycles. The van der Waals surface area contributed by atoms with Crippen LogP contribution in [0.15, 0.2) is 6.33 Å². The fourth-order valence-electron chi connectivity index (χ4n) is 5.14. The Bertz CT molecular complexity index is 813. The molecule has 8 heteroatoms. The molecule has 0 spiro atoms. The normalized spacial score (nSPS) is 30.2. The number of nitrogen functional groups attached to an aromatic ring is 1. The van der Waals surface area contributed by atoms with Crippen LogP contribution in [-0.2, 0) is 0 Å². The second-order valence-electron chi connectivity index (χ2n) is 7.99. The zero-order chi connectivity index (χ0) is 17.2. The quantitative estimate of drug-likeness (QED) is 0.636. The minimum absolute atomic E-state index is 0.0272. The number of hydrogen-bond donors (Lipinski definition) is 4. The monoisotopic (exact) mass is 344 g/mol. The van der Waals surface area contributed by atoms with Crippen molar-refractivity contribution >= 4 is 22.9 Å². The third-order valence-electron chi connectivity index (χ3n) is 6.51. The van der Waals surface area contributed by atoms with Crippen molar-refractivity contribution in [2.75, 3.05) is 24.3 Å². The van der Waals surface area contributed by atoms with Crippen LogP contribution in [0.3, 0.4) is 0 Å². The molecule has 25 heavy (non-hydrogen) atoms. The van der Waals surface area contributed by atoms with E-state index < -0.39 is 5.41 Å². The van der Waals surface area contributed by atoms with E-state index in [4.69, 9.17) is 5.73 Å². The van der Waals surface area contributed by atoms with Crippen LogP contribution in [0.2, 0.25) is 0 Å². The van der Waals surface area contributed by atoms with Crippen LogP contribution in [0, 0.1) is 17.3 Å². The molecule has 2 heterocycles. The van der Waals surface area contributed by atoms with Gasteiger partial charge in [-0.15, -0.1) is 0 Å². The zero-order valence-corrected chi connectivity index (χ0v) is 14.1. The topological polar surface area (TPSA) is 122 Å². The van der Waals surface area contributed by atoms with E-state index in [1.807, 2.05) is 6.33 Å². The van der Waals surface area contributed by atoms with Crippen LogP contribution < -0.4 is 11.1 Å². The standard InChI is InChI=1S/C17H24N6O2/c18-16-21-14(20-10-2-3-10)12-15(22-16)23(8-19-12)13-9-1-4-11(13)17(5-9,6-24)7-25/h8-11,13,24-25H,1-7H2,(H3,18,20,21,22)/t9-,11-,13+/m1/s1. The molecular weight excluding hydrogens is 320 g/mol. The van der Waals surface area contributed by atoms with E-state index >= 15 is 0 Å². The number of aliphatic hydroxyl groups excluding tert-OH is 2. The van der Waals surface area contributed by atoms with Gasteiger partial charge in [-0.25, -0.2) is 4.98 Å². The Morgan fingerprint density at radius 1 is 1.20 bits per heavy atom. The first kappa shape index (κ1) is 15.3. The first-order chi connectivity index (χ1) is 12.1. The van der Waals surface area contributed by atoms with Crippen LogP contribution in [-0.4, -0.2) is 49.0 Å². The Kier molecular flexibility index (Phi) is 3.24. The van der Waals surface area contributed by atoms with Gasteiger partial charge >= 0.3 is 0 Å². The van der Waals surface area contributed by atoms with E-state index in [0.717, 1.165) is 43.3 Å². The summed E-state index contributed by atoms with van der Waals surface area (Å²) in [4.78, 5) is 13.4. The van der Waals surface area contributed by atoms with Gasteiger partial charge in [0.2, 0.25) is 5.95 Å². The van der Waals surface area contributed by atoms with E-state index in [-0.39, 0.29) is 31.1 Å².